The molecule has 0 heterocycles. The van der Waals surface area contributed by atoms with E-state index in [1.807, 2.05) is 0 Å². The molecule has 0 unspecified atom stereocenters. The van der Waals surface area contributed by atoms with Gasteiger partial charge in [0.15, 0.2) is 23.9 Å². The van der Waals surface area contributed by atoms with Crippen LogP contribution in [0.1, 0.15) is 44.1 Å². The van der Waals surface area contributed by atoms with Crippen LogP contribution in [0.2, 0.25) is 0 Å². The fourth-order valence-electron chi connectivity index (χ4n) is 6.13. The molecule has 0 spiro atoms. The fourth-order valence-corrected chi connectivity index (χ4v) is 6.13. The molecule has 0 aromatic heterocycles. The molecule has 0 aliphatic heterocycles. The van der Waals surface area contributed by atoms with Gasteiger partial charge in [-0.25, -0.2) is 4.79 Å². The Labute approximate surface area is 177 Å². The van der Waals surface area contributed by atoms with E-state index in [-0.39, 0.29) is 17.8 Å². The first-order valence-corrected chi connectivity index (χ1v) is 10.6. The molecule has 162 valence electrons. The Bertz CT molecular complexity index is 820. The molecular weight excluding hydrogens is 384 g/mol. The van der Waals surface area contributed by atoms with Crippen molar-refractivity contribution in [3.8, 4) is 17.2 Å². The minimum absolute atomic E-state index is 0.104. The Kier molecular flexibility index (Phi) is 5.76. The van der Waals surface area contributed by atoms with Gasteiger partial charge < -0.3 is 18.9 Å². The first-order chi connectivity index (χ1) is 14.5. The first-order valence-electron chi connectivity index (χ1n) is 10.6. The van der Waals surface area contributed by atoms with E-state index < -0.39 is 5.97 Å². The molecule has 4 bridgehead atoms. The van der Waals surface area contributed by atoms with Gasteiger partial charge >= 0.3 is 5.97 Å². The zero-order valence-corrected chi connectivity index (χ0v) is 17.9. The van der Waals surface area contributed by atoms with Crippen molar-refractivity contribution in [2.45, 2.75) is 38.5 Å². The quantitative estimate of drug-likeness (QED) is 0.472. The highest BCUT2D eigenvalue weighted by molar-refractivity contribution is 5.92. The number of methoxy groups -OCH3 is 3. The van der Waals surface area contributed by atoms with Crippen LogP contribution in [-0.4, -0.2) is 39.7 Å². The molecule has 1 aromatic rings. The third kappa shape index (κ3) is 3.92. The minimum Gasteiger partial charge on any atom is -0.496 e. The largest absolute Gasteiger partial charge is 0.496 e. The molecule has 0 amide bonds. The Morgan fingerprint density at radius 3 is 1.97 bits per heavy atom. The van der Waals surface area contributed by atoms with Crippen LogP contribution in [0.3, 0.4) is 0 Å². The molecule has 4 saturated carbocycles. The molecule has 0 atom stereocenters. The second-order valence-corrected chi connectivity index (χ2v) is 9.01. The van der Waals surface area contributed by atoms with Gasteiger partial charge in [0, 0.05) is 23.1 Å². The Morgan fingerprint density at radius 1 is 0.900 bits per heavy atom. The van der Waals surface area contributed by atoms with Crippen LogP contribution < -0.4 is 14.2 Å². The molecule has 0 saturated heterocycles. The maximum Gasteiger partial charge on any atom is 0.331 e. The average molecular weight is 414 g/mol. The molecule has 4 aliphatic carbocycles. The van der Waals surface area contributed by atoms with Crippen molar-refractivity contribution >= 4 is 17.8 Å². The molecule has 30 heavy (non-hydrogen) atoms. The van der Waals surface area contributed by atoms with Gasteiger partial charge in [-0.1, -0.05) is 0 Å². The molecular formula is C24H30O6. The van der Waals surface area contributed by atoms with Crippen LogP contribution in [-0.2, 0) is 14.3 Å². The van der Waals surface area contributed by atoms with Gasteiger partial charge in [0.25, 0.3) is 0 Å². The van der Waals surface area contributed by atoms with Crippen LogP contribution >= 0.6 is 0 Å². The van der Waals surface area contributed by atoms with Gasteiger partial charge in [0.1, 0.15) is 5.75 Å². The number of ketones is 1. The number of Topliss-reactive ketones (excluding diaryl/α,β-unsaturated/α-hetero) is 1. The summed E-state index contributed by atoms with van der Waals surface area (Å²) in [5.74, 6) is 3.24. The minimum atomic E-state index is -0.537. The smallest absolute Gasteiger partial charge is 0.331 e. The van der Waals surface area contributed by atoms with Crippen molar-refractivity contribution in [1.82, 2.24) is 0 Å². The van der Waals surface area contributed by atoms with Crippen molar-refractivity contribution in [2.75, 3.05) is 27.9 Å². The van der Waals surface area contributed by atoms with E-state index in [1.54, 1.807) is 39.5 Å². The number of hydrogen-bond acceptors (Lipinski definition) is 6. The van der Waals surface area contributed by atoms with Crippen molar-refractivity contribution in [2.24, 2.45) is 23.2 Å². The van der Waals surface area contributed by atoms with Crippen molar-refractivity contribution in [3.63, 3.8) is 0 Å². The number of carbonyl (C=O) groups excluding carboxylic acids is 2. The number of carbonyl (C=O) groups is 2. The first kappa shape index (κ1) is 20.8. The van der Waals surface area contributed by atoms with Crippen LogP contribution in [0, 0.1) is 23.2 Å². The van der Waals surface area contributed by atoms with Crippen LogP contribution in [0.15, 0.2) is 18.2 Å². The molecule has 4 aliphatic rings. The molecule has 5 rings (SSSR count). The summed E-state index contributed by atoms with van der Waals surface area (Å²) in [6, 6.07) is 3.42. The molecule has 6 nitrogen and oxygen atoms in total. The van der Waals surface area contributed by atoms with Crippen molar-refractivity contribution in [3.05, 3.63) is 23.8 Å². The van der Waals surface area contributed by atoms with E-state index in [0.29, 0.717) is 40.6 Å². The lowest BCUT2D eigenvalue weighted by molar-refractivity contribution is -0.155. The fraction of sp³-hybridized carbons (Fsp3) is 0.583. The lowest BCUT2D eigenvalue weighted by Gasteiger charge is -2.55. The van der Waals surface area contributed by atoms with Gasteiger partial charge in [0.2, 0.25) is 0 Å². The summed E-state index contributed by atoms with van der Waals surface area (Å²) in [7, 11) is 4.63. The number of hydrogen-bond donors (Lipinski definition) is 0. The second kappa shape index (κ2) is 8.32. The van der Waals surface area contributed by atoms with E-state index in [4.69, 9.17) is 18.9 Å². The number of ether oxygens (including phenoxy) is 4. The standard InChI is InChI=1S/C24H30O6/c1-27-19-10-21(29-3)20(28-2)9-18(19)4-5-23(26)30-14-22(25)24-11-15-6-16(12-24)8-17(7-15)13-24/h4-5,9-10,15-17H,6-8,11-14H2,1-3H3/b5-4+. The second-order valence-electron chi connectivity index (χ2n) is 9.01. The Hall–Kier alpha value is -2.50. The monoisotopic (exact) mass is 414 g/mol. The molecule has 6 heteroatoms. The highest BCUT2D eigenvalue weighted by atomic mass is 16.5. The zero-order valence-electron chi connectivity index (χ0n) is 17.9. The van der Waals surface area contributed by atoms with E-state index in [0.717, 1.165) is 19.3 Å². The predicted octanol–water partition coefficient (Wildman–Crippen LogP) is 4.05. The van der Waals surface area contributed by atoms with E-state index in [9.17, 15) is 9.59 Å². The zero-order chi connectivity index (χ0) is 21.3. The van der Waals surface area contributed by atoms with Gasteiger partial charge in [-0.05, 0) is 68.4 Å². The Morgan fingerprint density at radius 2 is 1.43 bits per heavy atom. The number of rotatable bonds is 8. The molecule has 4 fully saturated rings. The summed E-state index contributed by atoms with van der Waals surface area (Å²) in [5.41, 5.74) is 0.408. The van der Waals surface area contributed by atoms with Crippen molar-refractivity contribution < 1.29 is 28.5 Å². The highest BCUT2D eigenvalue weighted by Crippen LogP contribution is 2.60. The maximum absolute atomic E-state index is 13.0. The van der Waals surface area contributed by atoms with Crippen LogP contribution in [0.5, 0.6) is 17.2 Å². The summed E-state index contributed by atoms with van der Waals surface area (Å²) < 4.78 is 21.3. The van der Waals surface area contributed by atoms with Crippen molar-refractivity contribution in [1.29, 1.82) is 0 Å². The number of esters is 1. The van der Waals surface area contributed by atoms with Gasteiger partial charge in [-0.3, -0.25) is 4.79 Å². The normalized spacial score (nSPS) is 29.1. The lowest BCUT2D eigenvalue weighted by Crippen LogP contribution is -2.51. The molecule has 1 aromatic carbocycles. The third-order valence-electron chi connectivity index (χ3n) is 7.11. The highest BCUT2D eigenvalue weighted by Gasteiger charge is 2.54. The summed E-state index contributed by atoms with van der Waals surface area (Å²) in [6.07, 6.45) is 9.69. The van der Waals surface area contributed by atoms with Gasteiger partial charge in [-0.2, -0.15) is 0 Å². The maximum atomic E-state index is 13.0. The molecule has 0 N–H and O–H groups in total. The molecule has 0 radical (unpaired) electrons. The van der Waals surface area contributed by atoms with Crippen LogP contribution in [0.4, 0.5) is 0 Å². The summed E-state index contributed by atoms with van der Waals surface area (Å²) in [4.78, 5) is 25.2. The topological polar surface area (TPSA) is 71.1 Å². The van der Waals surface area contributed by atoms with E-state index in [1.165, 1.54) is 25.3 Å². The van der Waals surface area contributed by atoms with E-state index >= 15 is 0 Å². The van der Waals surface area contributed by atoms with Gasteiger partial charge in [-0.15, -0.1) is 0 Å². The van der Waals surface area contributed by atoms with Gasteiger partial charge in [0.05, 0.1) is 21.3 Å². The SMILES string of the molecule is COc1cc(OC)c(OC)cc1/C=C/C(=O)OCC(=O)C12CC3CC(CC(C3)C1)C2. The van der Waals surface area contributed by atoms with E-state index in [2.05, 4.69) is 0 Å². The number of benzene rings is 1. The summed E-state index contributed by atoms with van der Waals surface area (Å²) in [6.45, 7) is -0.140. The van der Waals surface area contributed by atoms with Crippen LogP contribution in [0.25, 0.3) is 6.08 Å². The lowest BCUT2D eigenvalue weighted by atomic mass is 9.48. The summed E-state index contributed by atoms with van der Waals surface area (Å²) in [5, 5.41) is 0. The Balaban J connectivity index is 1.38. The summed E-state index contributed by atoms with van der Waals surface area (Å²) >= 11 is 0. The predicted molar refractivity (Wildman–Crippen MR) is 112 cm³/mol. The third-order valence-corrected chi connectivity index (χ3v) is 7.11. The average Bonchev–Trinajstić information content (AvgIpc) is 2.74.